The Labute approximate surface area is 94.0 Å². The van der Waals surface area contributed by atoms with Gasteiger partial charge < -0.3 is 0 Å². The fraction of sp³-hybridized carbons (Fsp3) is 0.455. The first-order chi connectivity index (χ1) is 6.99. The summed E-state index contributed by atoms with van der Waals surface area (Å²) in [5, 5.41) is 10.4. The first kappa shape index (κ1) is 12.0. The van der Waals surface area contributed by atoms with Crippen molar-refractivity contribution in [3.63, 3.8) is 0 Å². The summed E-state index contributed by atoms with van der Waals surface area (Å²) < 4.78 is -0.306. The van der Waals surface area contributed by atoms with Crippen molar-refractivity contribution in [3.05, 3.63) is 46.0 Å². The fourth-order valence-corrected chi connectivity index (χ4v) is 2.16. The smallest absolute Gasteiger partial charge is 0.217 e. The summed E-state index contributed by atoms with van der Waals surface area (Å²) in [6.07, 6.45) is 0. The van der Waals surface area contributed by atoms with Gasteiger partial charge in [-0.05, 0) is 19.4 Å². The van der Waals surface area contributed by atoms with E-state index in [0.29, 0.717) is 0 Å². The van der Waals surface area contributed by atoms with Gasteiger partial charge in [-0.2, -0.15) is 0 Å². The quantitative estimate of drug-likeness (QED) is 0.571. The van der Waals surface area contributed by atoms with Crippen molar-refractivity contribution in [1.29, 1.82) is 0 Å². The van der Waals surface area contributed by atoms with Gasteiger partial charge in [-0.1, -0.05) is 30.3 Å². The topological polar surface area (TPSA) is 43.1 Å². The Morgan fingerprint density at radius 3 is 2.47 bits per heavy atom. The number of benzene rings is 1. The lowest BCUT2D eigenvalue weighted by molar-refractivity contribution is -0.483. The maximum absolute atomic E-state index is 10.4. The molecule has 0 radical (unpaired) electrons. The van der Waals surface area contributed by atoms with Gasteiger partial charge in [0.1, 0.15) is 0 Å². The Morgan fingerprint density at radius 1 is 1.33 bits per heavy atom. The van der Waals surface area contributed by atoms with Gasteiger partial charge in [0, 0.05) is 10.7 Å². The molecule has 0 heterocycles. The second-order valence-corrected chi connectivity index (χ2v) is 5.71. The zero-order valence-electron chi connectivity index (χ0n) is 8.97. The lowest BCUT2D eigenvalue weighted by Gasteiger charge is -2.18. The van der Waals surface area contributed by atoms with Gasteiger partial charge >= 0.3 is 0 Å². The summed E-state index contributed by atoms with van der Waals surface area (Å²) in [6, 6.07) is 10.0. The molecule has 0 aromatic heterocycles. The van der Waals surface area contributed by atoms with E-state index in [-0.39, 0.29) is 16.2 Å². The van der Waals surface area contributed by atoms with E-state index in [1.54, 1.807) is 11.8 Å². The molecular weight excluding hydrogens is 210 g/mol. The minimum Gasteiger partial charge on any atom is -0.264 e. The van der Waals surface area contributed by atoms with Gasteiger partial charge in [0.05, 0.1) is 4.75 Å². The molecule has 0 spiro atoms. The summed E-state index contributed by atoms with van der Waals surface area (Å²) in [4.78, 5) is 10.2. The van der Waals surface area contributed by atoms with Crippen molar-refractivity contribution in [2.45, 2.75) is 24.3 Å². The summed E-state index contributed by atoms with van der Waals surface area (Å²) >= 11 is 1.62. The molecule has 0 fully saturated rings. The molecule has 0 saturated carbocycles. The van der Waals surface area contributed by atoms with Gasteiger partial charge in [-0.3, -0.25) is 10.1 Å². The van der Waals surface area contributed by atoms with Crippen molar-refractivity contribution in [1.82, 2.24) is 0 Å². The van der Waals surface area contributed by atoms with E-state index in [1.165, 1.54) is 5.56 Å². The lowest BCUT2D eigenvalue weighted by atomic mass is 10.2. The minimum absolute atomic E-state index is 0.00446. The molecule has 0 atom stereocenters. The highest BCUT2D eigenvalue weighted by atomic mass is 32.2. The van der Waals surface area contributed by atoms with Crippen molar-refractivity contribution in [2.24, 2.45) is 0 Å². The van der Waals surface area contributed by atoms with Gasteiger partial charge in [0.25, 0.3) is 0 Å². The Kier molecular flexibility index (Phi) is 4.15. The maximum atomic E-state index is 10.4. The SMILES string of the molecule is CC(C)(C[N+](=O)[O-])SCc1ccccc1. The normalized spacial score (nSPS) is 11.3. The number of hydrogen-bond donors (Lipinski definition) is 0. The number of nitrogens with zero attached hydrogens (tertiary/aromatic N) is 1. The predicted octanol–water partition coefficient (Wildman–Crippen LogP) is 2.98. The number of thioether (sulfide) groups is 1. The third-order valence-electron chi connectivity index (χ3n) is 1.98. The summed E-state index contributed by atoms with van der Waals surface area (Å²) in [6.45, 7) is 3.82. The van der Waals surface area contributed by atoms with Crippen LogP contribution in [0.15, 0.2) is 30.3 Å². The molecule has 0 saturated heterocycles. The van der Waals surface area contributed by atoms with E-state index in [4.69, 9.17) is 0 Å². The third-order valence-corrected chi connectivity index (χ3v) is 3.37. The summed E-state index contributed by atoms with van der Waals surface area (Å²) in [5.41, 5.74) is 1.21. The van der Waals surface area contributed by atoms with Crippen molar-refractivity contribution < 1.29 is 4.92 Å². The van der Waals surface area contributed by atoms with E-state index >= 15 is 0 Å². The van der Waals surface area contributed by atoms with E-state index < -0.39 is 0 Å². The Balaban J connectivity index is 2.46. The first-order valence-corrected chi connectivity index (χ1v) is 5.78. The predicted molar refractivity (Wildman–Crippen MR) is 63.7 cm³/mol. The molecule has 1 aromatic rings. The largest absolute Gasteiger partial charge is 0.264 e. The van der Waals surface area contributed by atoms with Crippen molar-refractivity contribution in [2.75, 3.05) is 6.54 Å². The number of hydrogen-bond acceptors (Lipinski definition) is 3. The highest BCUT2D eigenvalue weighted by Crippen LogP contribution is 2.27. The molecule has 0 amide bonds. The van der Waals surface area contributed by atoms with E-state index in [9.17, 15) is 10.1 Å². The molecule has 0 unspecified atom stereocenters. The van der Waals surface area contributed by atoms with Crippen LogP contribution in [-0.2, 0) is 5.75 Å². The summed E-state index contributed by atoms with van der Waals surface area (Å²) in [7, 11) is 0. The third kappa shape index (κ3) is 4.83. The molecule has 15 heavy (non-hydrogen) atoms. The molecule has 0 N–H and O–H groups in total. The van der Waals surface area contributed by atoms with E-state index in [1.807, 2.05) is 44.2 Å². The first-order valence-electron chi connectivity index (χ1n) is 4.79. The highest BCUT2D eigenvalue weighted by molar-refractivity contribution is 7.99. The summed E-state index contributed by atoms with van der Waals surface area (Å²) in [5.74, 6) is 0.821. The molecule has 0 aliphatic rings. The maximum Gasteiger partial charge on any atom is 0.217 e. The monoisotopic (exact) mass is 225 g/mol. The Bertz CT molecular complexity index is 325. The minimum atomic E-state index is -0.306. The average molecular weight is 225 g/mol. The van der Waals surface area contributed by atoms with Crippen LogP contribution in [0.5, 0.6) is 0 Å². The van der Waals surface area contributed by atoms with Crippen LogP contribution in [0.1, 0.15) is 19.4 Å². The Morgan fingerprint density at radius 2 is 1.93 bits per heavy atom. The molecular formula is C11H15NO2S. The molecule has 1 rings (SSSR count). The molecule has 3 nitrogen and oxygen atoms in total. The van der Waals surface area contributed by atoms with Crippen LogP contribution in [0, 0.1) is 10.1 Å². The van der Waals surface area contributed by atoms with E-state index in [0.717, 1.165) is 5.75 Å². The van der Waals surface area contributed by atoms with E-state index in [2.05, 4.69) is 0 Å². The van der Waals surface area contributed by atoms with Gasteiger partial charge in [0.15, 0.2) is 0 Å². The lowest BCUT2D eigenvalue weighted by Crippen LogP contribution is -2.26. The van der Waals surface area contributed by atoms with Crippen molar-refractivity contribution >= 4 is 11.8 Å². The highest BCUT2D eigenvalue weighted by Gasteiger charge is 2.24. The van der Waals surface area contributed by atoms with Crippen LogP contribution in [0.25, 0.3) is 0 Å². The van der Waals surface area contributed by atoms with Crippen molar-refractivity contribution in [3.8, 4) is 0 Å². The second kappa shape index (κ2) is 5.16. The van der Waals surface area contributed by atoms with Crippen LogP contribution in [0.4, 0.5) is 0 Å². The van der Waals surface area contributed by atoms with Gasteiger partial charge in [-0.25, -0.2) is 0 Å². The standard InChI is InChI=1S/C11H15NO2S/c1-11(2,9-12(13)14)15-8-10-6-4-3-5-7-10/h3-7H,8-9H2,1-2H3. The van der Waals surface area contributed by atoms with Crippen LogP contribution in [-0.4, -0.2) is 16.2 Å². The molecule has 0 aliphatic heterocycles. The molecule has 0 bridgehead atoms. The van der Waals surface area contributed by atoms with Crippen LogP contribution < -0.4 is 0 Å². The number of nitro groups is 1. The zero-order chi connectivity index (χ0) is 11.3. The van der Waals surface area contributed by atoms with Crippen LogP contribution >= 0.6 is 11.8 Å². The second-order valence-electron chi connectivity index (χ2n) is 4.02. The molecule has 0 aliphatic carbocycles. The number of rotatable bonds is 5. The average Bonchev–Trinajstić information content (AvgIpc) is 2.15. The van der Waals surface area contributed by atoms with Crippen LogP contribution in [0.3, 0.4) is 0 Å². The van der Waals surface area contributed by atoms with Gasteiger partial charge in [-0.15, -0.1) is 11.8 Å². The van der Waals surface area contributed by atoms with Gasteiger partial charge in [0.2, 0.25) is 6.54 Å². The fourth-order valence-electron chi connectivity index (χ4n) is 1.21. The molecule has 1 aromatic carbocycles. The van der Waals surface area contributed by atoms with Crippen LogP contribution in [0.2, 0.25) is 0 Å². The zero-order valence-corrected chi connectivity index (χ0v) is 9.79. The Hall–Kier alpha value is -1.03. The molecule has 4 heteroatoms. The molecule has 82 valence electrons.